The van der Waals surface area contributed by atoms with Gasteiger partial charge in [-0.2, -0.15) is 0 Å². The van der Waals surface area contributed by atoms with E-state index < -0.39 is 39.9 Å². The number of hydrogen-bond donors (Lipinski definition) is 0. The number of benzene rings is 2. The molecule has 0 amide bonds. The molecule has 35 heavy (non-hydrogen) atoms. The summed E-state index contributed by atoms with van der Waals surface area (Å²) in [6.45, 7) is 10.2. The van der Waals surface area contributed by atoms with Crippen LogP contribution in [0.15, 0.2) is 108 Å². The molecule has 0 N–H and O–H groups in total. The number of halogens is 2. The molecule has 0 saturated heterocycles. The van der Waals surface area contributed by atoms with Crippen LogP contribution in [0, 0.1) is 0 Å². The minimum Gasteiger partial charge on any atom is -1.00 e. The van der Waals surface area contributed by atoms with Crippen LogP contribution in [-0.2, 0) is 22.3 Å². The van der Waals surface area contributed by atoms with E-state index in [9.17, 15) is 0 Å². The number of rotatable bonds is 8. The van der Waals surface area contributed by atoms with Crippen LogP contribution < -0.4 is 24.8 Å². The first-order chi connectivity index (χ1) is 16.1. The van der Waals surface area contributed by atoms with Gasteiger partial charge in [0.1, 0.15) is 0 Å². The molecule has 0 fully saturated rings. The van der Waals surface area contributed by atoms with E-state index in [1.54, 1.807) is 17.6 Å². The average Bonchev–Trinajstić information content (AvgIpc) is 3.54. The zero-order valence-corrected chi connectivity index (χ0v) is 27.5. The maximum Gasteiger partial charge on any atom is -1.00 e. The van der Waals surface area contributed by atoms with E-state index >= 15 is 0 Å². The van der Waals surface area contributed by atoms with E-state index in [1.165, 1.54) is 11.1 Å². The molecule has 2 aromatic rings. The van der Waals surface area contributed by atoms with Crippen LogP contribution in [0.3, 0.4) is 0 Å². The van der Waals surface area contributed by atoms with Crippen molar-refractivity contribution in [3.63, 3.8) is 0 Å². The van der Waals surface area contributed by atoms with E-state index in [2.05, 4.69) is 123 Å². The molecule has 2 aromatic carbocycles. The molecular weight excluding hydrogens is 579 g/mol. The Morgan fingerprint density at radius 3 is 1.29 bits per heavy atom. The third-order valence-electron chi connectivity index (χ3n) is 6.71. The van der Waals surface area contributed by atoms with Crippen molar-refractivity contribution in [2.45, 2.75) is 50.1 Å². The summed E-state index contributed by atoms with van der Waals surface area (Å²) in [5, 5.41) is 0. The molecule has 0 aliphatic heterocycles. The Labute approximate surface area is 238 Å². The summed E-state index contributed by atoms with van der Waals surface area (Å²) >= 11 is -1.04. The molecule has 0 spiro atoms. The largest absolute Gasteiger partial charge is 1.00 e. The van der Waals surface area contributed by atoms with Gasteiger partial charge in [-0.25, -0.2) is 0 Å². The minimum absolute atomic E-state index is 0. The predicted molar refractivity (Wildman–Crippen MR) is 150 cm³/mol. The number of allylic oxidation sites excluding steroid dienone is 8. The van der Waals surface area contributed by atoms with Gasteiger partial charge in [-0.1, -0.05) is 0 Å². The average molecular weight is 615 g/mol. The Bertz CT molecular complexity index is 1070. The summed E-state index contributed by atoms with van der Waals surface area (Å²) < 4.78 is 3.61. The van der Waals surface area contributed by atoms with Crippen LogP contribution in [0.2, 0.25) is 37.3 Å². The van der Waals surface area contributed by atoms with Crippen molar-refractivity contribution < 1.29 is 47.1 Å². The molecule has 4 rings (SSSR count). The van der Waals surface area contributed by atoms with E-state index in [-0.39, 0.29) is 24.8 Å². The van der Waals surface area contributed by atoms with Crippen molar-refractivity contribution in [2.24, 2.45) is 0 Å². The maximum atomic E-state index is 2.55. The van der Waals surface area contributed by atoms with Gasteiger partial charge in [-0.3, -0.25) is 0 Å². The van der Waals surface area contributed by atoms with Gasteiger partial charge in [0.2, 0.25) is 0 Å². The third kappa shape index (κ3) is 7.52. The number of hydrogen-bond acceptors (Lipinski definition) is 0. The molecule has 5 heteroatoms. The fourth-order valence-corrected chi connectivity index (χ4v) is 18.7. The molecule has 182 valence electrons. The molecule has 0 bridgehead atoms. The maximum absolute atomic E-state index is 2.55. The molecule has 0 radical (unpaired) electrons. The summed E-state index contributed by atoms with van der Waals surface area (Å²) in [4.78, 5) is 0. The van der Waals surface area contributed by atoms with Gasteiger partial charge >= 0.3 is 216 Å². The Morgan fingerprint density at radius 2 is 1.00 bits per heavy atom. The van der Waals surface area contributed by atoms with Crippen LogP contribution in [0.4, 0.5) is 0 Å². The van der Waals surface area contributed by atoms with Crippen LogP contribution in [0.5, 0.6) is 0 Å². The summed E-state index contributed by atoms with van der Waals surface area (Å²) in [5.74, 6) is 0. The fourth-order valence-electron chi connectivity index (χ4n) is 5.22. The van der Waals surface area contributed by atoms with Crippen LogP contribution in [-0.4, -0.2) is 24.0 Å². The topological polar surface area (TPSA) is 0 Å². The van der Waals surface area contributed by atoms with Crippen molar-refractivity contribution in [3.8, 4) is 0 Å². The van der Waals surface area contributed by atoms with Gasteiger partial charge < -0.3 is 24.8 Å². The molecule has 0 saturated carbocycles. The smallest absolute Gasteiger partial charge is 1.00 e. The zero-order valence-electron chi connectivity index (χ0n) is 21.2. The minimum atomic E-state index is -1.04. The third-order valence-corrected chi connectivity index (χ3v) is 16.7. The normalized spacial score (nSPS) is 15.9. The van der Waals surface area contributed by atoms with Gasteiger partial charge in [0, 0.05) is 0 Å². The summed E-state index contributed by atoms with van der Waals surface area (Å²) in [6, 6.07) is 22.9. The summed E-state index contributed by atoms with van der Waals surface area (Å²) in [7, 11) is -1.89. The van der Waals surface area contributed by atoms with E-state index in [4.69, 9.17) is 0 Å². The molecule has 0 heterocycles. The van der Waals surface area contributed by atoms with Crippen molar-refractivity contribution in [1.82, 2.24) is 0 Å². The SMILES string of the molecule is C[SiH](C)C(C1=CCC=C1)[C](=[Zr+2]=[C](c1ccccc1)C(C1=CCC=C1)[SiH](C)C)c1ccccc1.[Cl-].[Cl-]. The first kappa shape index (κ1) is 30.3. The molecule has 2 atom stereocenters. The van der Waals surface area contributed by atoms with E-state index in [1.807, 2.05) is 0 Å². The Balaban J connectivity index is 0.00000216. The quantitative estimate of drug-likeness (QED) is 0.390. The Morgan fingerprint density at radius 1 is 0.629 bits per heavy atom. The second-order valence-corrected chi connectivity index (χ2v) is 19.4. The van der Waals surface area contributed by atoms with Crippen molar-refractivity contribution >= 4 is 24.0 Å². The van der Waals surface area contributed by atoms with Gasteiger partial charge in [0.05, 0.1) is 0 Å². The van der Waals surface area contributed by atoms with Crippen molar-refractivity contribution in [3.05, 3.63) is 119 Å². The molecule has 2 unspecified atom stereocenters. The monoisotopic (exact) mass is 612 g/mol. The molecule has 2 aliphatic carbocycles. The Kier molecular flexibility index (Phi) is 12.7. The van der Waals surface area contributed by atoms with Crippen molar-refractivity contribution in [2.75, 3.05) is 0 Å². The second kappa shape index (κ2) is 14.7. The predicted octanol–water partition coefficient (Wildman–Crippen LogP) is 1.00. The van der Waals surface area contributed by atoms with Gasteiger partial charge in [0.25, 0.3) is 0 Å². The molecule has 2 aliphatic rings. The first-order valence-electron chi connectivity index (χ1n) is 12.4. The van der Waals surface area contributed by atoms with Gasteiger partial charge in [0.15, 0.2) is 0 Å². The van der Waals surface area contributed by atoms with Crippen LogP contribution >= 0.6 is 0 Å². The van der Waals surface area contributed by atoms with E-state index in [0.717, 1.165) is 12.8 Å². The van der Waals surface area contributed by atoms with Crippen molar-refractivity contribution in [1.29, 1.82) is 0 Å². The molecular formula is C30H36Cl2Si2Zr. The first-order valence-corrected chi connectivity index (χ1v) is 20.8. The summed E-state index contributed by atoms with van der Waals surface area (Å²) in [6.07, 6.45) is 16.8. The van der Waals surface area contributed by atoms with E-state index in [0.29, 0.717) is 11.1 Å². The molecule has 0 nitrogen and oxygen atoms in total. The Hall–Kier alpha value is -0.963. The molecule has 0 aromatic heterocycles. The van der Waals surface area contributed by atoms with Gasteiger partial charge in [-0.05, 0) is 0 Å². The van der Waals surface area contributed by atoms with Crippen LogP contribution in [0.1, 0.15) is 24.0 Å². The van der Waals surface area contributed by atoms with Crippen LogP contribution in [0.25, 0.3) is 0 Å². The zero-order chi connectivity index (χ0) is 23.2. The standard InChI is InChI=1S/2C15H18Si.2ClH.Zr/c2*1-16(2)15(14-10-6-7-11-14)12-13-8-4-3-5-9-13;;;/h2*3-6,8-11,15-16H,7H2,1-2H3;2*1H;/q;;;;+2/p-2. The summed E-state index contributed by atoms with van der Waals surface area (Å²) in [5.41, 5.74) is 7.51. The second-order valence-electron chi connectivity index (χ2n) is 9.81. The fraction of sp³-hybridized carbons (Fsp3) is 0.267. The van der Waals surface area contributed by atoms with Gasteiger partial charge in [-0.15, -0.1) is 0 Å².